The molecule has 21 heavy (non-hydrogen) atoms. The highest BCUT2D eigenvalue weighted by Gasteiger charge is 2.05. The zero-order valence-corrected chi connectivity index (χ0v) is 11.1. The van der Waals surface area contributed by atoms with Gasteiger partial charge in [-0.1, -0.05) is 6.07 Å². The van der Waals surface area contributed by atoms with Crippen molar-refractivity contribution >= 4 is 29.4 Å². The van der Waals surface area contributed by atoms with Gasteiger partial charge in [0.15, 0.2) is 0 Å². The molecule has 112 valence electrons. The number of nitrogens with one attached hydrogen (secondary N) is 2. The molecule has 4 N–H and O–H groups in total. The molecule has 1 amide bonds. The number of nitrogens with zero attached hydrogens (tertiary/aromatic N) is 1. The van der Waals surface area contributed by atoms with E-state index in [4.69, 9.17) is 15.0 Å². The minimum Gasteiger partial charge on any atom is -0.483 e. The Balaban J connectivity index is 0.000000677. The van der Waals surface area contributed by atoms with E-state index in [0.717, 1.165) is 16.6 Å². The summed E-state index contributed by atoms with van der Waals surface area (Å²) in [6.45, 7) is 0.132. The highest BCUT2D eigenvalue weighted by Crippen LogP contribution is 2.11. The molecule has 8 nitrogen and oxygen atoms in total. The van der Waals surface area contributed by atoms with Crippen LogP contribution in [0, 0.1) is 0 Å². The Kier molecular flexibility index (Phi) is 6.39. The van der Waals surface area contributed by atoms with Crippen molar-refractivity contribution < 1.29 is 24.6 Å². The Labute approximate surface area is 119 Å². The van der Waals surface area contributed by atoms with E-state index >= 15 is 0 Å². The van der Waals surface area contributed by atoms with Gasteiger partial charge in [-0.3, -0.25) is 14.4 Å². The molecule has 2 rings (SSSR count). The van der Waals surface area contributed by atoms with Crippen LogP contribution in [0.15, 0.2) is 24.5 Å². The fourth-order valence-electron chi connectivity index (χ4n) is 1.60. The lowest BCUT2D eigenvalue weighted by Crippen LogP contribution is -2.23. The van der Waals surface area contributed by atoms with Gasteiger partial charge in [0.1, 0.15) is 0 Å². The average Bonchev–Trinajstić information content (AvgIpc) is 2.91. The topological polar surface area (TPSA) is 132 Å². The Morgan fingerprint density at radius 2 is 2.05 bits per heavy atom. The number of imidazole rings is 1. The number of carbonyl (C=O) groups excluding carboxylic acids is 1. The first kappa shape index (κ1) is 16.2. The van der Waals surface area contributed by atoms with Crippen LogP contribution in [0.2, 0.25) is 0 Å². The number of fused-ring (bicyclic) bond motifs is 1. The van der Waals surface area contributed by atoms with E-state index < -0.39 is 5.97 Å². The lowest BCUT2D eigenvalue weighted by molar-refractivity contribution is -0.138. The van der Waals surface area contributed by atoms with E-state index in [1.165, 1.54) is 0 Å². The van der Waals surface area contributed by atoms with E-state index in [0.29, 0.717) is 6.54 Å². The first-order valence-electron chi connectivity index (χ1n) is 6.05. The smallest absolute Gasteiger partial charge is 0.303 e. The second-order valence-corrected chi connectivity index (χ2v) is 4.03. The molecule has 1 aromatic heterocycles. The predicted molar refractivity (Wildman–Crippen MR) is 73.5 cm³/mol. The molecule has 1 aromatic carbocycles. The number of aliphatic carboxylic acids is 1. The zero-order valence-electron chi connectivity index (χ0n) is 11.1. The number of H-pyrrole nitrogens is 1. The number of hydrogen-bond donors (Lipinski definition) is 4. The first-order chi connectivity index (χ1) is 10.1. The van der Waals surface area contributed by atoms with Gasteiger partial charge in [-0.15, -0.1) is 0 Å². The maximum Gasteiger partial charge on any atom is 0.303 e. The van der Waals surface area contributed by atoms with Crippen LogP contribution in [-0.2, 0) is 20.9 Å². The number of amides is 1. The summed E-state index contributed by atoms with van der Waals surface area (Å²) in [6, 6.07) is 5.64. The molecule has 0 aliphatic heterocycles. The van der Waals surface area contributed by atoms with Crippen molar-refractivity contribution in [2.45, 2.75) is 19.4 Å². The third kappa shape index (κ3) is 5.72. The number of hydrogen-bond acceptors (Lipinski definition) is 4. The summed E-state index contributed by atoms with van der Waals surface area (Å²) < 4.78 is 0. The highest BCUT2D eigenvalue weighted by atomic mass is 16.4. The van der Waals surface area contributed by atoms with Crippen molar-refractivity contribution in [1.29, 1.82) is 0 Å². The lowest BCUT2D eigenvalue weighted by Gasteiger charge is -2.04. The predicted octanol–water partition coefficient (Wildman–Crippen LogP) is 0.745. The van der Waals surface area contributed by atoms with Gasteiger partial charge in [-0.05, 0) is 17.7 Å². The minimum absolute atomic E-state index is 0.00162. The van der Waals surface area contributed by atoms with E-state index in [9.17, 15) is 9.59 Å². The summed E-state index contributed by atoms with van der Waals surface area (Å²) in [5.41, 5.74) is 2.72. The van der Waals surface area contributed by atoms with E-state index in [1.807, 2.05) is 18.2 Å². The van der Waals surface area contributed by atoms with Crippen molar-refractivity contribution in [3.63, 3.8) is 0 Å². The molecule has 0 fully saturated rings. The number of carboxylic acid groups (broad SMARTS) is 2. The fraction of sp³-hybridized carbons (Fsp3) is 0.231. The standard InChI is InChI=1S/C12H13N3O3.CH2O2/c16-11(3-4-12(17)18)13-6-8-1-2-9-10(5-8)15-7-14-9;2-1-3/h1-2,5,7H,3-4,6H2,(H,13,16)(H,14,15)(H,17,18);1H,(H,2,3). The van der Waals surface area contributed by atoms with Crippen molar-refractivity contribution in [2.24, 2.45) is 0 Å². The first-order valence-corrected chi connectivity index (χ1v) is 6.05. The van der Waals surface area contributed by atoms with Crippen LogP contribution in [0.5, 0.6) is 0 Å². The summed E-state index contributed by atoms with van der Waals surface area (Å²) in [4.78, 5) is 37.1. The van der Waals surface area contributed by atoms with E-state index in [1.54, 1.807) is 6.33 Å². The molecule has 0 saturated heterocycles. The third-order valence-electron chi connectivity index (χ3n) is 2.54. The van der Waals surface area contributed by atoms with Crippen LogP contribution in [0.1, 0.15) is 18.4 Å². The van der Waals surface area contributed by atoms with Gasteiger partial charge < -0.3 is 20.5 Å². The van der Waals surface area contributed by atoms with Crippen molar-refractivity contribution in [3.8, 4) is 0 Å². The highest BCUT2D eigenvalue weighted by molar-refractivity contribution is 5.80. The van der Waals surface area contributed by atoms with Crippen LogP contribution >= 0.6 is 0 Å². The van der Waals surface area contributed by atoms with Gasteiger partial charge >= 0.3 is 5.97 Å². The van der Waals surface area contributed by atoms with Crippen molar-refractivity contribution in [3.05, 3.63) is 30.1 Å². The Hall–Kier alpha value is -2.90. The Bertz CT molecular complexity index is 623. The summed E-state index contributed by atoms with van der Waals surface area (Å²) >= 11 is 0. The van der Waals surface area contributed by atoms with Gasteiger partial charge in [-0.2, -0.15) is 0 Å². The second-order valence-electron chi connectivity index (χ2n) is 4.03. The molecule has 0 radical (unpaired) electrons. The molecule has 1 heterocycles. The monoisotopic (exact) mass is 293 g/mol. The third-order valence-corrected chi connectivity index (χ3v) is 2.54. The Morgan fingerprint density at radius 1 is 1.33 bits per heavy atom. The van der Waals surface area contributed by atoms with Gasteiger partial charge in [0.2, 0.25) is 5.91 Å². The van der Waals surface area contributed by atoms with Crippen LogP contribution in [0.25, 0.3) is 11.0 Å². The number of carbonyl (C=O) groups is 3. The molecule has 0 aliphatic carbocycles. The molecular formula is C13H15N3O5. The minimum atomic E-state index is -0.968. The molecule has 0 spiro atoms. The number of benzene rings is 1. The van der Waals surface area contributed by atoms with E-state index in [2.05, 4.69) is 15.3 Å². The van der Waals surface area contributed by atoms with Gasteiger partial charge in [0, 0.05) is 13.0 Å². The van der Waals surface area contributed by atoms with Crippen molar-refractivity contribution in [1.82, 2.24) is 15.3 Å². The number of rotatable bonds is 5. The largest absolute Gasteiger partial charge is 0.483 e. The fourth-order valence-corrected chi connectivity index (χ4v) is 1.60. The zero-order chi connectivity index (χ0) is 15.7. The summed E-state index contributed by atoms with van der Waals surface area (Å²) in [5, 5.41) is 18.0. The molecule has 0 atom stereocenters. The summed E-state index contributed by atoms with van der Waals surface area (Å²) in [5.74, 6) is -1.23. The van der Waals surface area contributed by atoms with Crippen LogP contribution in [0.3, 0.4) is 0 Å². The lowest BCUT2D eigenvalue weighted by atomic mass is 10.2. The molecule has 8 heteroatoms. The molecule has 0 bridgehead atoms. The maximum absolute atomic E-state index is 11.3. The molecular weight excluding hydrogens is 278 g/mol. The molecule has 0 aliphatic rings. The van der Waals surface area contributed by atoms with Crippen LogP contribution < -0.4 is 5.32 Å². The number of carboxylic acids is 1. The Morgan fingerprint density at radius 3 is 2.71 bits per heavy atom. The van der Waals surface area contributed by atoms with Gasteiger partial charge in [0.05, 0.1) is 23.8 Å². The normalized spacial score (nSPS) is 9.52. The molecule has 2 aromatic rings. The molecule has 0 unspecified atom stereocenters. The quantitative estimate of drug-likeness (QED) is 0.601. The van der Waals surface area contributed by atoms with Crippen molar-refractivity contribution in [2.75, 3.05) is 0 Å². The van der Waals surface area contributed by atoms with E-state index in [-0.39, 0.29) is 25.2 Å². The second kappa shape index (κ2) is 8.31. The summed E-state index contributed by atoms with van der Waals surface area (Å²) in [6.07, 6.45) is 1.47. The summed E-state index contributed by atoms with van der Waals surface area (Å²) in [7, 11) is 0. The molecule has 0 saturated carbocycles. The number of aromatic nitrogens is 2. The van der Waals surface area contributed by atoms with Crippen LogP contribution in [-0.4, -0.2) is 38.5 Å². The van der Waals surface area contributed by atoms with Gasteiger partial charge in [0.25, 0.3) is 6.47 Å². The average molecular weight is 293 g/mol. The van der Waals surface area contributed by atoms with Gasteiger partial charge in [-0.25, -0.2) is 4.98 Å². The number of aromatic amines is 1. The SMILES string of the molecule is O=C(O)CCC(=O)NCc1ccc2nc[nH]c2c1.O=CO. The maximum atomic E-state index is 11.3. The van der Waals surface area contributed by atoms with Crippen LogP contribution in [0.4, 0.5) is 0 Å².